The molecular formula is C43H69N5O7. The average molecular weight is 768 g/mol. The third kappa shape index (κ3) is 20.9. The summed E-state index contributed by atoms with van der Waals surface area (Å²) in [5, 5.41) is 11.7. The summed E-state index contributed by atoms with van der Waals surface area (Å²) in [5.41, 5.74) is 0.488. The van der Waals surface area contributed by atoms with Gasteiger partial charge in [-0.3, -0.25) is 38.9 Å². The van der Waals surface area contributed by atoms with Gasteiger partial charge in [0, 0.05) is 78.5 Å². The second-order valence-corrected chi connectivity index (χ2v) is 17.7. The van der Waals surface area contributed by atoms with E-state index in [1.165, 1.54) is 11.1 Å². The van der Waals surface area contributed by atoms with Gasteiger partial charge in [-0.15, -0.1) is 0 Å². The lowest BCUT2D eigenvalue weighted by molar-refractivity contribution is -0.158. The number of rotatable bonds is 14. The highest BCUT2D eigenvalue weighted by Crippen LogP contribution is 2.14. The van der Waals surface area contributed by atoms with Crippen LogP contribution in [0.1, 0.15) is 73.4 Å². The van der Waals surface area contributed by atoms with Crippen molar-refractivity contribution >= 4 is 17.9 Å². The Bertz CT molecular complexity index is 1350. The molecule has 1 saturated heterocycles. The molecule has 12 heteroatoms. The fourth-order valence-electron chi connectivity index (χ4n) is 6.43. The van der Waals surface area contributed by atoms with E-state index in [-0.39, 0.29) is 37.5 Å². The monoisotopic (exact) mass is 768 g/mol. The molecule has 3 rings (SSSR count). The molecule has 1 aliphatic heterocycles. The summed E-state index contributed by atoms with van der Waals surface area (Å²) in [7, 11) is 0. The Morgan fingerprint density at radius 3 is 1.13 bits per heavy atom. The predicted molar refractivity (Wildman–Crippen MR) is 216 cm³/mol. The van der Waals surface area contributed by atoms with Gasteiger partial charge >= 0.3 is 17.9 Å². The van der Waals surface area contributed by atoms with Crippen molar-refractivity contribution in [1.29, 1.82) is 0 Å². The highest BCUT2D eigenvalue weighted by Gasteiger charge is 2.26. The molecule has 0 spiro atoms. The van der Waals surface area contributed by atoms with Gasteiger partial charge in [0.15, 0.2) is 0 Å². The van der Waals surface area contributed by atoms with Crippen LogP contribution in [0.5, 0.6) is 0 Å². The molecule has 1 N–H and O–H groups in total. The lowest BCUT2D eigenvalue weighted by atomic mass is 10.1. The molecule has 1 heterocycles. The van der Waals surface area contributed by atoms with Crippen LogP contribution in [0.3, 0.4) is 0 Å². The largest absolute Gasteiger partial charge is 0.459 e. The van der Waals surface area contributed by atoms with Crippen LogP contribution in [0.4, 0.5) is 0 Å². The molecule has 1 fully saturated rings. The number of aliphatic hydroxyl groups excluding tert-OH is 1. The molecule has 2 aromatic rings. The summed E-state index contributed by atoms with van der Waals surface area (Å²) in [6, 6.07) is 20.6. The van der Waals surface area contributed by atoms with E-state index >= 15 is 0 Å². The molecule has 12 nitrogen and oxygen atoms in total. The summed E-state index contributed by atoms with van der Waals surface area (Å²) >= 11 is 0. The smallest absolute Gasteiger partial charge is 0.320 e. The number of carbonyl (C=O) groups excluding carboxylic acids is 3. The van der Waals surface area contributed by atoms with E-state index in [1.807, 2.05) is 104 Å². The van der Waals surface area contributed by atoms with E-state index in [2.05, 4.69) is 43.9 Å². The zero-order valence-corrected chi connectivity index (χ0v) is 35.1. The molecule has 1 atom stereocenters. The van der Waals surface area contributed by atoms with Crippen LogP contribution in [-0.2, 0) is 41.7 Å². The van der Waals surface area contributed by atoms with E-state index in [9.17, 15) is 19.5 Å². The highest BCUT2D eigenvalue weighted by atomic mass is 16.6. The third-order valence-corrected chi connectivity index (χ3v) is 8.68. The molecule has 0 bridgehead atoms. The summed E-state index contributed by atoms with van der Waals surface area (Å²) in [6.07, 6.45) is -0.664. The quantitative estimate of drug-likeness (QED) is 0.219. The average Bonchev–Trinajstić information content (AvgIpc) is 3.04. The Morgan fingerprint density at radius 1 is 0.545 bits per heavy atom. The number of nitrogens with zero attached hydrogens (tertiary/aromatic N) is 5. The molecule has 2 aromatic carbocycles. The molecule has 0 amide bonds. The van der Waals surface area contributed by atoms with Crippen molar-refractivity contribution in [2.45, 2.75) is 98.3 Å². The Balaban J connectivity index is 1.83. The number of hydrogen-bond acceptors (Lipinski definition) is 12. The van der Waals surface area contributed by atoms with Crippen LogP contribution < -0.4 is 0 Å². The maximum Gasteiger partial charge on any atom is 0.320 e. The predicted octanol–water partition coefficient (Wildman–Crippen LogP) is 4.30. The van der Waals surface area contributed by atoms with Gasteiger partial charge in [-0.1, -0.05) is 60.7 Å². The minimum absolute atomic E-state index is 0.0819. The lowest BCUT2D eigenvalue weighted by Gasteiger charge is -2.35. The fraction of sp³-hybridized carbons (Fsp3) is 0.651. The summed E-state index contributed by atoms with van der Waals surface area (Å²) in [5.74, 6) is -0.956. The molecule has 55 heavy (non-hydrogen) atoms. The molecule has 1 aliphatic rings. The Labute approximate surface area is 330 Å². The van der Waals surface area contributed by atoms with Crippen LogP contribution in [0.25, 0.3) is 0 Å². The zero-order chi connectivity index (χ0) is 40.6. The first-order valence-electron chi connectivity index (χ1n) is 19.7. The van der Waals surface area contributed by atoms with E-state index in [0.29, 0.717) is 78.5 Å². The van der Waals surface area contributed by atoms with Gasteiger partial charge in [-0.2, -0.15) is 0 Å². The van der Waals surface area contributed by atoms with Crippen LogP contribution in [-0.4, -0.2) is 156 Å². The number of ether oxygens (including phenoxy) is 3. The van der Waals surface area contributed by atoms with Gasteiger partial charge in [0.1, 0.15) is 16.8 Å². The van der Waals surface area contributed by atoms with Gasteiger partial charge in [0.05, 0.1) is 25.7 Å². The number of hydrogen-bond donors (Lipinski definition) is 1. The van der Waals surface area contributed by atoms with Gasteiger partial charge in [0.2, 0.25) is 0 Å². The van der Waals surface area contributed by atoms with Gasteiger partial charge in [-0.05, 0) is 73.4 Å². The topological polar surface area (TPSA) is 115 Å². The number of carbonyl (C=O) groups is 3. The first-order valence-corrected chi connectivity index (χ1v) is 19.7. The fourth-order valence-corrected chi connectivity index (χ4v) is 6.43. The molecule has 0 aliphatic carbocycles. The molecular weight excluding hydrogens is 699 g/mol. The van der Waals surface area contributed by atoms with Crippen molar-refractivity contribution in [3.63, 3.8) is 0 Å². The van der Waals surface area contributed by atoms with Crippen molar-refractivity contribution in [3.8, 4) is 0 Å². The normalized spacial score (nSPS) is 17.2. The van der Waals surface area contributed by atoms with Crippen LogP contribution >= 0.6 is 0 Å². The van der Waals surface area contributed by atoms with E-state index in [4.69, 9.17) is 14.2 Å². The number of β-amino-alcohol motifs (C(OH)–C–C–N with tert-alkyl or cyclic N) is 1. The first-order chi connectivity index (χ1) is 25.7. The van der Waals surface area contributed by atoms with Gasteiger partial charge < -0.3 is 19.3 Å². The Kier molecular flexibility index (Phi) is 18.2. The summed E-state index contributed by atoms with van der Waals surface area (Å²) in [4.78, 5) is 49.8. The maximum absolute atomic E-state index is 13.1. The molecule has 0 aromatic heterocycles. The van der Waals surface area contributed by atoms with Crippen LogP contribution in [0, 0.1) is 0 Å². The first kappa shape index (κ1) is 46.0. The summed E-state index contributed by atoms with van der Waals surface area (Å²) < 4.78 is 17.1. The molecule has 1 unspecified atom stereocenters. The second-order valence-electron chi connectivity index (χ2n) is 17.7. The SMILES string of the molecule is CC(C)(C)OC(=O)CN1CCN(CC(=O)OC(C)(C)C)CCN(CC(O)CN(Cc2ccccc2)Cc2ccccc2)CCN(CC(=O)OC(C)(C)C)CC1. The molecule has 0 radical (unpaired) electrons. The van der Waals surface area contributed by atoms with E-state index in [1.54, 1.807) is 0 Å². The van der Waals surface area contributed by atoms with Gasteiger partial charge in [-0.25, -0.2) is 0 Å². The minimum Gasteiger partial charge on any atom is -0.459 e. The number of benzene rings is 2. The Hall–Kier alpha value is -3.39. The Morgan fingerprint density at radius 2 is 0.836 bits per heavy atom. The van der Waals surface area contributed by atoms with Crippen molar-refractivity contribution in [2.75, 3.05) is 85.1 Å². The highest BCUT2D eigenvalue weighted by molar-refractivity contribution is 5.73. The molecule has 0 saturated carbocycles. The van der Waals surface area contributed by atoms with Crippen LogP contribution in [0.2, 0.25) is 0 Å². The van der Waals surface area contributed by atoms with Gasteiger partial charge in [0.25, 0.3) is 0 Å². The van der Waals surface area contributed by atoms with Crippen molar-refractivity contribution in [1.82, 2.24) is 24.5 Å². The van der Waals surface area contributed by atoms with Crippen molar-refractivity contribution in [2.24, 2.45) is 0 Å². The molecule has 308 valence electrons. The maximum atomic E-state index is 13.1. The lowest BCUT2D eigenvalue weighted by Crippen LogP contribution is -2.50. The third-order valence-electron chi connectivity index (χ3n) is 8.68. The summed E-state index contributed by atoms with van der Waals surface area (Å²) in [6.45, 7) is 23.4. The van der Waals surface area contributed by atoms with Crippen molar-refractivity contribution < 1.29 is 33.7 Å². The minimum atomic E-state index is -0.664. The van der Waals surface area contributed by atoms with E-state index in [0.717, 1.165) is 0 Å². The van der Waals surface area contributed by atoms with Crippen molar-refractivity contribution in [3.05, 3.63) is 71.8 Å². The zero-order valence-electron chi connectivity index (χ0n) is 35.1. The number of aliphatic hydroxyl groups is 1. The number of esters is 3. The standard InChI is InChI=1S/C43H69N5O7/c1-41(2,3)53-38(50)32-45-22-20-44(30-37(49)31-48(28-35-16-12-10-13-17-35)29-36-18-14-11-15-19-36)21-23-46(33-39(51)54-42(4,5)6)25-27-47(26-24-45)34-40(52)55-43(7,8)9/h10-19,37,49H,20-34H2,1-9H3. The van der Waals surface area contributed by atoms with E-state index < -0.39 is 22.9 Å². The van der Waals surface area contributed by atoms with Crippen LogP contribution in [0.15, 0.2) is 60.7 Å². The second kappa shape index (κ2) is 21.8.